The van der Waals surface area contributed by atoms with E-state index in [4.69, 9.17) is 0 Å². The average molecular weight is 196 g/mol. The zero-order valence-corrected chi connectivity index (χ0v) is 8.87. The lowest BCUT2D eigenvalue weighted by Gasteiger charge is -2.01. The van der Waals surface area contributed by atoms with Crippen molar-refractivity contribution in [1.29, 1.82) is 0 Å². The molecule has 1 N–H and O–H groups in total. The van der Waals surface area contributed by atoms with Crippen molar-refractivity contribution in [2.45, 2.75) is 40.2 Å². The van der Waals surface area contributed by atoms with Gasteiger partial charge < -0.3 is 5.11 Å². The van der Waals surface area contributed by atoms with Crippen LogP contribution >= 0.6 is 0 Å². The van der Waals surface area contributed by atoms with Gasteiger partial charge in [0.05, 0.1) is 5.69 Å². The van der Waals surface area contributed by atoms with Crippen molar-refractivity contribution < 1.29 is 9.90 Å². The molecule has 0 aliphatic rings. The highest BCUT2D eigenvalue weighted by molar-refractivity contribution is 5.94. The van der Waals surface area contributed by atoms with Crippen molar-refractivity contribution in [3.63, 3.8) is 0 Å². The molecule has 0 aliphatic carbocycles. The summed E-state index contributed by atoms with van der Waals surface area (Å²) in [6, 6.07) is 0. The molecule has 14 heavy (non-hydrogen) atoms. The van der Waals surface area contributed by atoms with Crippen molar-refractivity contribution in [3.8, 4) is 5.75 Å². The highest BCUT2D eigenvalue weighted by atomic mass is 16.3. The molecule has 1 rings (SSSR count). The molecule has 1 aromatic heterocycles. The van der Waals surface area contributed by atoms with E-state index >= 15 is 0 Å². The van der Waals surface area contributed by atoms with E-state index in [2.05, 4.69) is 12.0 Å². The Morgan fingerprint density at radius 1 is 1.57 bits per heavy atom. The molecule has 0 amide bonds. The lowest BCUT2D eigenvalue weighted by Crippen LogP contribution is -2.03. The highest BCUT2D eigenvalue weighted by Gasteiger charge is 2.16. The van der Waals surface area contributed by atoms with E-state index in [-0.39, 0.29) is 17.2 Å². The fourth-order valence-electron chi connectivity index (χ4n) is 1.30. The zero-order chi connectivity index (χ0) is 10.7. The first-order valence-electron chi connectivity index (χ1n) is 4.85. The summed E-state index contributed by atoms with van der Waals surface area (Å²) in [4.78, 5) is 11.1. The molecular weight excluding hydrogens is 180 g/mol. The maximum atomic E-state index is 11.1. The van der Waals surface area contributed by atoms with Gasteiger partial charge in [-0.1, -0.05) is 13.3 Å². The van der Waals surface area contributed by atoms with Gasteiger partial charge in [0.15, 0.2) is 17.2 Å². The topological polar surface area (TPSA) is 55.1 Å². The molecule has 1 aromatic rings. The van der Waals surface area contributed by atoms with E-state index in [1.165, 1.54) is 6.92 Å². The number of carbonyl (C=O) groups excluding carboxylic acids is 1. The molecular formula is C10H16N2O2. The fourth-order valence-corrected chi connectivity index (χ4v) is 1.30. The van der Waals surface area contributed by atoms with Crippen molar-refractivity contribution in [2.24, 2.45) is 0 Å². The Bertz CT molecular complexity index is 342. The number of unbranched alkanes of at least 4 members (excludes halogenated alkanes) is 1. The molecule has 0 saturated heterocycles. The minimum atomic E-state index is -0.194. The lowest BCUT2D eigenvalue weighted by molar-refractivity contribution is 0.101. The van der Waals surface area contributed by atoms with Crippen LogP contribution in [-0.4, -0.2) is 20.7 Å². The van der Waals surface area contributed by atoms with Crippen LogP contribution < -0.4 is 0 Å². The van der Waals surface area contributed by atoms with E-state index in [1.54, 1.807) is 11.6 Å². The maximum Gasteiger partial charge on any atom is 0.183 e. The van der Waals surface area contributed by atoms with E-state index in [1.807, 2.05) is 0 Å². The Kier molecular flexibility index (Phi) is 3.28. The first-order chi connectivity index (χ1) is 6.57. The Balaban J connectivity index is 2.96. The van der Waals surface area contributed by atoms with Crippen LogP contribution in [0.4, 0.5) is 0 Å². The molecule has 0 atom stereocenters. The van der Waals surface area contributed by atoms with Crippen LogP contribution in [0.1, 0.15) is 42.9 Å². The largest absolute Gasteiger partial charge is 0.504 e. The highest BCUT2D eigenvalue weighted by Crippen LogP contribution is 2.21. The second-order valence-electron chi connectivity index (χ2n) is 3.42. The van der Waals surface area contributed by atoms with Crippen LogP contribution in [0.3, 0.4) is 0 Å². The van der Waals surface area contributed by atoms with Crippen LogP contribution in [-0.2, 0) is 6.54 Å². The van der Waals surface area contributed by atoms with Gasteiger partial charge in [0, 0.05) is 13.5 Å². The quantitative estimate of drug-likeness (QED) is 0.748. The number of hydrogen-bond acceptors (Lipinski definition) is 3. The molecule has 0 saturated carbocycles. The predicted molar refractivity (Wildman–Crippen MR) is 53.5 cm³/mol. The standard InChI is InChI=1S/C10H16N2O2/c1-4-5-6-12-7(2)10(14)9(11-12)8(3)13/h14H,4-6H2,1-3H3. The molecule has 0 aromatic carbocycles. The van der Waals surface area contributed by atoms with Gasteiger partial charge in [-0.25, -0.2) is 0 Å². The molecule has 0 bridgehead atoms. The van der Waals surface area contributed by atoms with Crippen LogP contribution in [0.15, 0.2) is 0 Å². The summed E-state index contributed by atoms with van der Waals surface area (Å²) in [5.41, 5.74) is 0.849. The molecule has 4 heteroatoms. The minimum Gasteiger partial charge on any atom is -0.504 e. The fraction of sp³-hybridized carbons (Fsp3) is 0.600. The molecule has 0 aliphatic heterocycles. The normalized spacial score (nSPS) is 10.5. The van der Waals surface area contributed by atoms with Crippen molar-refractivity contribution in [3.05, 3.63) is 11.4 Å². The summed E-state index contributed by atoms with van der Waals surface area (Å²) in [5, 5.41) is 13.6. The number of ketones is 1. The Morgan fingerprint density at radius 2 is 2.21 bits per heavy atom. The number of rotatable bonds is 4. The molecule has 1 heterocycles. The molecule has 0 unspecified atom stereocenters. The van der Waals surface area contributed by atoms with Gasteiger partial charge >= 0.3 is 0 Å². The summed E-state index contributed by atoms with van der Waals surface area (Å²) >= 11 is 0. The average Bonchev–Trinajstić information content (AvgIpc) is 2.42. The molecule has 0 radical (unpaired) electrons. The number of hydrogen-bond donors (Lipinski definition) is 1. The second-order valence-corrected chi connectivity index (χ2v) is 3.42. The van der Waals surface area contributed by atoms with Gasteiger partial charge in [0.2, 0.25) is 0 Å². The molecule has 4 nitrogen and oxygen atoms in total. The third-order valence-corrected chi connectivity index (χ3v) is 2.23. The smallest absolute Gasteiger partial charge is 0.183 e. The monoisotopic (exact) mass is 196 g/mol. The van der Waals surface area contributed by atoms with Gasteiger partial charge in [-0.3, -0.25) is 9.48 Å². The van der Waals surface area contributed by atoms with E-state index in [0.717, 1.165) is 19.4 Å². The first kappa shape index (κ1) is 10.8. The van der Waals surface area contributed by atoms with Gasteiger partial charge in [-0.2, -0.15) is 5.10 Å². The number of Topliss-reactive ketones (excluding diaryl/α,β-unsaturated/α-hetero) is 1. The van der Waals surface area contributed by atoms with Crippen LogP contribution in [0.25, 0.3) is 0 Å². The van der Waals surface area contributed by atoms with Crippen LogP contribution in [0.5, 0.6) is 5.75 Å². The zero-order valence-electron chi connectivity index (χ0n) is 8.87. The van der Waals surface area contributed by atoms with Crippen LogP contribution in [0, 0.1) is 6.92 Å². The summed E-state index contributed by atoms with van der Waals surface area (Å²) in [6.45, 7) is 6.02. The van der Waals surface area contributed by atoms with Gasteiger partial charge in [-0.15, -0.1) is 0 Å². The number of aryl methyl sites for hydroxylation is 1. The number of aromatic nitrogens is 2. The van der Waals surface area contributed by atoms with Gasteiger partial charge in [0.1, 0.15) is 0 Å². The second kappa shape index (κ2) is 4.26. The van der Waals surface area contributed by atoms with E-state index in [9.17, 15) is 9.90 Å². The third-order valence-electron chi connectivity index (χ3n) is 2.23. The predicted octanol–water partition coefficient (Wildman–Crippen LogP) is 1.90. The van der Waals surface area contributed by atoms with Gasteiger partial charge in [-0.05, 0) is 13.3 Å². The minimum absolute atomic E-state index is 0.0219. The third kappa shape index (κ3) is 1.95. The Morgan fingerprint density at radius 3 is 2.64 bits per heavy atom. The molecule has 78 valence electrons. The number of aromatic hydroxyl groups is 1. The van der Waals surface area contributed by atoms with E-state index in [0.29, 0.717) is 5.69 Å². The summed E-state index contributed by atoms with van der Waals surface area (Å²) in [6.07, 6.45) is 2.06. The lowest BCUT2D eigenvalue weighted by atomic mass is 10.2. The number of nitrogens with zero attached hydrogens (tertiary/aromatic N) is 2. The SMILES string of the molecule is CCCCn1nc(C(C)=O)c(O)c1C. The van der Waals surface area contributed by atoms with Crippen molar-refractivity contribution >= 4 is 5.78 Å². The first-order valence-corrected chi connectivity index (χ1v) is 4.85. The molecule has 0 spiro atoms. The molecule has 0 fully saturated rings. The van der Waals surface area contributed by atoms with Crippen molar-refractivity contribution in [2.75, 3.05) is 0 Å². The Hall–Kier alpha value is -1.32. The van der Waals surface area contributed by atoms with Crippen molar-refractivity contribution in [1.82, 2.24) is 9.78 Å². The Labute approximate surface area is 83.5 Å². The number of carbonyl (C=O) groups is 1. The van der Waals surface area contributed by atoms with Gasteiger partial charge in [0.25, 0.3) is 0 Å². The maximum absolute atomic E-state index is 11.1. The summed E-state index contributed by atoms with van der Waals surface area (Å²) in [5.74, 6) is -0.172. The summed E-state index contributed by atoms with van der Waals surface area (Å²) < 4.78 is 1.69. The van der Waals surface area contributed by atoms with E-state index < -0.39 is 0 Å². The summed E-state index contributed by atoms with van der Waals surface area (Å²) in [7, 11) is 0. The van der Waals surface area contributed by atoms with Crippen LogP contribution in [0.2, 0.25) is 0 Å².